The van der Waals surface area contributed by atoms with E-state index >= 15 is 0 Å². The van der Waals surface area contributed by atoms with Crippen LogP contribution in [-0.2, 0) is 9.53 Å². The van der Waals surface area contributed by atoms with E-state index < -0.39 is 16.6 Å². The molecule has 0 saturated heterocycles. The molecule has 0 aliphatic rings. The van der Waals surface area contributed by atoms with Crippen LogP contribution in [0, 0.1) is 28.4 Å². The summed E-state index contributed by atoms with van der Waals surface area (Å²) in [7, 11) is 0. The summed E-state index contributed by atoms with van der Waals surface area (Å²) in [6, 6.07) is 5.70. The van der Waals surface area contributed by atoms with Crippen molar-refractivity contribution in [2.45, 2.75) is 13.8 Å². The second-order valence-electron chi connectivity index (χ2n) is 3.66. The fourth-order valence-electron chi connectivity index (χ4n) is 1.32. The number of rotatable bonds is 5. The average molecular weight is 276 g/mol. The van der Waals surface area contributed by atoms with E-state index in [0.29, 0.717) is 11.3 Å². The molecule has 1 rings (SSSR count). The Labute approximate surface area is 114 Å². The van der Waals surface area contributed by atoms with E-state index in [4.69, 9.17) is 5.26 Å². The minimum absolute atomic E-state index is 0.0528. The highest BCUT2D eigenvalue weighted by molar-refractivity contribution is 6.43. The summed E-state index contributed by atoms with van der Waals surface area (Å²) in [5.74, 6) is -0.831. The number of esters is 1. The van der Waals surface area contributed by atoms with Gasteiger partial charge in [0.25, 0.3) is 5.69 Å². The van der Waals surface area contributed by atoms with Crippen molar-refractivity contribution in [1.82, 2.24) is 0 Å². The first-order valence-electron chi connectivity index (χ1n) is 5.65. The maximum absolute atomic E-state index is 11.3. The summed E-state index contributed by atoms with van der Waals surface area (Å²) in [5, 5.41) is 23.0. The zero-order valence-electron chi connectivity index (χ0n) is 10.9. The molecule has 0 radical (unpaired) electrons. The first-order valence-corrected chi connectivity index (χ1v) is 5.65. The lowest BCUT2D eigenvalue weighted by molar-refractivity contribution is -0.384. The van der Waals surface area contributed by atoms with Crippen molar-refractivity contribution in [2.24, 2.45) is 5.10 Å². The zero-order valence-corrected chi connectivity index (χ0v) is 10.9. The van der Waals surface area contributed by atoms with Crippen LogP contribution in [0.4, 0.5) is 11.4 Å². The van der Waals surface area contributed by atoms with Gasteiger partial charge in [-0.15, -0.1) is 0 Å². The molecule has 0 spiro atoms. The second-order valence-corrected chi connectivity index (χ2v) is 3.66. The van der Waals surface area contributed by atoms with Crippen molar-refractivity contribution in [3.8, 4) is 6.07 Å². The normalized spacial score (nSPS) is 10.6. The van der Waals surface area contributed by atoms with Crippen LogP contribution < -0.4 is 5.43 Å². The number of carbonyl (C=O) groups is 1. The standard InChI is InChI=1S/C12H12N4O4/c1-3-20-12(17)11(7-13)15-14-10-5-4-9(16(18)19)6-8(10)2/h4-6,14H,3H2,1-2H3/b15-11+. The second kappa shape index (κ2) is 6.84. The summed E-state index contributed by atoms with van der Waals surface area (Å²) < 4.78 is 4.64. The minimum atomic E-state index is -0.831. The quantitative estimate of drug-likeness (QED) is 0.379. The Kier molecular flexibility index (Phi) is 5.17. The lowest BCUT2D eigenvalue weighted by Gasteiger charge is -2.05. The number of nitro groups is 1. The average Bonchev–Trinajstić information content (AvgIpc) is 2.41. The van der Waals surface area contributed by atoms with E-state index in [-0.39, 0.29) is 12.3 Å². The van der Waals surface area contributed by atoms with Crippen LogP contribution in [-0.4, -0.2) is 23.2 Å². The monoisotopic (exact) mass is 276 g/mol. The van der Waals surface area contributed by atoms with E-state index in [2.05, 4.69) is 15.3 Å². The number of hydrogen-bond donors (Lipinski definition) is 1. The van der Waals surface area contributed by atoms with E-state index in [1.165, 1.54) is 18.2 Å². The maximum Gasteiger partial charge on any atom is 0.369 e. The molecule has 8 heteroatoms. The summed E-state index contributed by atoms with van der Waals surface area (Å²) in [4.78, 5) is 21.4. The smallest absolute Gasteiger partial charge is 0.369 e. The zero-order chi connectivity index (χ0) is 15.1. The van der Waals surface area contributed by atoms with Gasteiger partial charge in [0, 0.05) is 12.1 Å². The number of hydrogen-bond acceptors (Lipinski definition) is 7. The van der Waals surface area contributed by atoms with Crippen LogP contribution in [0.25, 0.3) is 0 Å². The molecule has 0 amide bonds. The summed E-state index contributed by atoms with van der Waals surface area (Å²) in [5.41, 5.74) is 3.04. The molecule has 8 nitrogen and oxygen atoms in total. The number of nitrogens with zero attached hydrogens (tertiary/aromatic N) is 3. The van der Waals surface area contributed by atoms with E-state index in [1.807, 2.05) is 0 Å². The van der Waals surface area contributed by atoms with Gasteiger partial charge in [-0.05, 0) is 25.5 Å². The third-order valence-corrected chi connectivity index (χ3v) is 2.28. The summed E-state index contributed by atoms with van der Waals surface area (Å²) in [6.07, 6.45) is 0. The van der Waals surface area contributed by atoms with Gasteiger partial charge in [-0.3, -0.25) is 15.5 Å². The van der Waals surface area contributed by atoms with Crippen molar-refractivity contribution in [3.63, 3.8) is 0 Å². The molecule has 0 saturated carbocycles. The molecule has 0 atom stereocenters. The SMILES string of the molecule is CCOC(=O)/C(C#N)=N/Nc1ccc([N+](=O)[O-])cc1C. The highest BCUT2D eigenvalue weighted by atomic mass is 16.6. The lowest BCUT2D eigenvalue weighted by atomic mass is 10.2. The van der Waals surface area contributed by atoms with Crippen LogP contribution in [0.3, 0.4) is 0 Å². The van der Waals surface area contributed by atoms with Gasteiger partial charge >= 0.3 is 5.97 Å². The van der Waals surface area contributed by atoms with Gasteiger partial charge in [-0.1, -0.05) is 0 Å². The molecule has 0 aliphatic carbocycles. The van der Waals surface area contributed by atoms with Crippen LogP contribution in [0.1, 0.15) is 12.5 Å². The number of nitro benzene ring substituents is 1. The van der Waals surface area contributed by atoms with Gasteiger partial charge in [0.05, 0.1) is 17.2 Å². The minimum Gasteiger partial charge on any atom is -0.461 e. The molecule has 1 N–H and O–H groups in total. The molecule has 0 aromatic heterocycles. The molecule has 1 aromatic rings. The Bertz CT molecular complexity index is 604. The lowest BCUT2D eigenvalue weighted by Crippen LogP contribution is -2.17. The van der Waals surface area contributed by atoms with Gasteiger partial charge in [-0.2, -0.15) is 10.4 Å². The molecule has 0 aliphatic heterocycles. The molecule has 0 unspecified atom stereocenters. The Morgan fingerprint density at radius 3 is 2.80 bits per heavy atom. The number of ether oxygens (including phenoxy) is 1. The number of non-ortho nitro benzene ring substituents is 1. The summed E-state index contributed by atoms with van der Waals surface area (Å²) in [6.45, 7) is 3.39. The molecular weight excluding hydrogens is 264 g/mol. The summed E-state index contributed by atoms with van der Waals surface area (Å²) >= 11 is 0. The fourth-order valence-corrected chi connectivity index (χ4v) is 1.32. The van der Waals surface area contributed by atoms with Crippen LogP contribution in [0.5, 0.6) is 0 Å². The Morgan fingerprint density at radius 1 is 1.60 bits per heavy atom. The van der Waals surface area contributed by atoms with Gasteiger partial charge in [-0.25, -0.2) is 4.79 Å². The highest BCUT2D eigenvalue weighted by Gasteiger charge is 2.12. The number of anilines is 1. The maximum atomic E-state index is 11.3. The van der Waals surface area contributed by atoms with Gasteiger partial charge < -0.3 is 4.74 Å². The molecule has 1 aromatic carbocycles. The van der Waals surface area contributed by atoms with Crippen molar-refractivity contribution in [2.75, 3.05) is 12.0 Å². The fraction of sp³-hybridized carbons (Fsp3) is 0.250. The largest absolute Gasteiger partial charge is 0.461 e. The topological polar surface area (TPSA) is 118 Å². The van der Waals surface area contributed by atoms with Gasteiger partial charge in [0.2, 0.25) is 5.71 Å². The molecule has 104 valence electrons. The number of hydrazone groups is 1. The van der Waals surface area contributed by atoms with E-state index in [0.717, 1.165) is 0 Å². The molecule has 0 bridgehead atoms. The van der Waals surface area contributed by atoms with Crippen molar-refractivity contribution >= 4 is 23.1 Å². The molecule has 0 fully saturated rings. The number of aryl methyl sites for hydroxylation is 1. The predicted octanol–water partition coefficient (Wildman–Crippen LogP) is 1.76. The van der Waals surface area contributed by atoms with E-state index in [9.17, 15) is 14.9 Å². The first-order chi connectivity index (χ1) is 9.49. The van der Waals surface area contributed by atoms with Crippen molar-refractivity contribution in [1.29, 1.82) is 5.26 Å². The van der Waals surface area contributed by atoms with E-state index in [1.54, 1.807) is 19.9 Å². The number of nitrogens with one attached hydrogen (secondary N) is 1. The Balaban J connectivity index is 2.91. The predicted molar refractivity (Wildman–Crippen MR) is 71.1 cm³/mol. The molecule has 0 heterocycles. The van der Waals surface area contributed by atoms with Crippen molar-refractivity contribution in [3.05, 3.63) is 33.9 Å². The number of benzene rings is 1. The van der Waals surface area contributed by atoms with Gasteiger partial charge in [0.1, 0.15) is 6.07 Å². The Hall–Kier alpha value is -2.95. The molecular formula is C12H12N4O4. The third-order valence-electron chi connectivity index (χ3n) is 2.28. The number of nitriles is 1. The third kappa shape index (κ3) is 3.78. The Morgan fingerprint density at radius 2 is 2.30 bits per heavy atom. The van der Waals surface area contributed by atoms with Crippen molar-refractivity contribution < 1.29 is 14.5 Å². The van der Waals surface area contributed by atoms with Gasteiger partial charge in [0.15, 0.2) is 0 Å². The van der Waals surface area contributed by atoms with Crippen LogP contribution >= 0.6 is 0 Å². The molecule has 20 heavy (non-hydrogen) atoms. The van der Waals surface area contributed by atoms with Crippen LogP contribution in [0.2, 0.25) is 0 Å². The van der Waals surface area contributed by atoms with Crippen LogP contribution in [0.15, 0.2) is 23.3 Å². The first kappa shape index (κ1) is 15.1. The highest BCUT2D eigenvalue weighted by Crippen LogP contribution is 2.21. The number of carbonyl (C=O) groups excluding carboxylic acids is 1.